The molecule has 0 atom stereocenters. The molecule has 2 heteroatoms. The van der Waals surface area contributed by atoms with Crippen molar-refractivity contribution in [1.29, 1.82) is 5.41 Å². The zero-order valence-electron chi connectivity index (χ0n) is 5.36. The van der Waals surface area contributed by atoms with Gasteiger partial charge in [-0.3, -0.25) is 0 Å². The number of rotatable bonds is 3. The Morgan fingerprint density at radius 2 is 2.12 bits per heavy atom. The average Bonchev–Trinajstić information content (AvgIpc) is 1.67. The molecule has 1 radical (unpaired) electrons. The van der Waals surface area contributed by atoms with E-state index in [1.807, 2.05) is 6.92 Å². The lowest BCUT2D eigenvalue weighted by Crippen LogP contribution is -2.04. The molecule has 0 spiro atoms. The van der Waals surface area contributed by atoms with Crippen LogP contribution in [0.3, 0.4) is 0 Å². The Bertz CT molecular complexity index is 78.6. The molecule has 2 N–H and O–H groups in total. The summed E-state index contributed by atoms with van der Waals surface area (Å²) >= 11 is 0. The maximum absolute atomic E-state index is 8.64. The highest BCUT2D eigenvalue weighted by Gasteiger charge is 2.01. The molecule has 0 amide bonds. The molecular formula is C6H12NO. The summed E-state index contributed by atoms with van der Waals surface area (Å²) in [5.41, 5.74) is 0.354. The van der Waals surface area contributed by atoms with Gasteiger partial charge in [0.25, 0.3) is 0 Å². The molecule has 0 heterocycles. The molecule has 0 aromatic rings. The fraction of sp³-hybridized carbons (Fsp3) is 0.667. The number of aliphatic hydroxyl groups excluding tert-OH is 1. The molecule has 0 unspecified atom stereocenters. The minimum absolute atomic E-state index is 0.145. The van der Waals surface area contributed by atoms with Crippen molar-refractivity contribution in [3.8, 4) is 0 Å². The van der Waals surface area contributed by atoms with Gasteiger partial charge in [-0.2, -0.15) is 0 Å². The van der Waals surface area contributed by atoms with Crippen LogP contribution in [-0.4, -0.2) is 10.8 Å². The largest absolute Gasteiger partial charge is 0.381 e. The van der Waals surface area contributed by atoms with Crippen molar-refractivity contribution in [2.75, 3.05) is 0 Å². The molecule has 0 aromatic heterocycles. The van der Waals surface area contributed by atoms with E-state index in [0.717, 1.165) is 6.42 Å². The predicted octanol–water partition coefficient (Wildman–Crippen LogP) is 1.73. The predicted molar refractivity (Wildman–Crippen MR) is 33.5 cm³/mol. The minimum Gasteiger partial charge on any atom is -0.381 e. The highest BCUT2D eigenvalue weighted by Crippen LogP contribution is 1.99. The lowest BCUT2D eigenvalue weighted by atomic mass is 10.1. The van der Waals surface area contributed by atoms with E-state index in [1.54, 1.807) is 0 Å². The normalized spacial score (nSPS) is 10.0. The summed E-state index contributed by atoms with van der Waals surface area (Å²) in [5.74, 6) is 0. The smallest absolute Gasteiger partial charge is 0.133 e. The first-order valence-corrected chi connectivity index (χ1v) is 2.78. The summed E-state index contributed by atoms with van der Waals surface area (Å²) in [4.78, 5) is 0. The number of hydrogen-bond donors (Lipinski definition) is 2. The van der Waals surface area contributed by atoms with Crippen molar-refractivity contribution in [3.05, 3.63) is 6.10 Å². The Morgan fingerprint density at radius 3 is 2.25 bits per heavy atom. The fourth-order valence-electron chi connectivity index (χ4n) is 0.431. The van der Waals surface area contributed by atoms with E-state index in [1.165, 1.54) is 6.92 Å². The topological polar surface area (TPSA) is 44.1 Å². The van der Waals surface area contributed by atoms with Gasteiger partial charge in [-0.05, 0) is 13.3 Å². The van der Waals surface area contributed by atoms with Crippen LogP contribution in [0.2, 0.25) is 0 Å². The van der Waals surface area contributed by atoms with Crippen LogP contribution in [0.25, 0.3) is 0 Å². The second kappa shape index (κ2) is 3.61. The summed E-state index contributed by atoms with van der Waals surface area (Å²) in [6.07, 6.45) is 1.76. The highest BCUT2D eigenvalue weighted by molar-refractivity contribution is 5.91. The third-order valence-electron chi connectivity index (χ3n) is 0.937. The molecule has 8 heavy (non-hydrogen) atoms. The van der Waals surface area contributed by atoms with Crippen LogP contribution in [-0.2, 0) is 0 Å². The van der Waals surface area contributed by atoms with Crippen molar-refractivity contribution in [2.45, 2.75) is 26.7 Å². The molecule has 0 fully saturated rings. The molecule has 47 valence electrons. The van der Waals surface area contributed by atoms with Crippen molar-refractivity contribution < 1.29 is 5.11 Å². The first-order valence-electron chi connectivity index (χ1n) is 2.78. The fourth-order valence-corrected chi connectivity index (χ4v) is 0.431. The van der Waals surface area contributed by atoms with Crippen molar-refractivity contribution in [1.82, 2.24) is 0 Å². The lowest BCUT2D eigenvalue weighted by Gasteiger charge is -2.00. The highest BCUT2D eigenvalue weighted by atomic mass is 16.3. The summed E-state index contributed by atoms with van der Waals surface area (Å²) in [6.45, 7) is 3.52. The van der Waals surface area contributed by atoms with Gasteiger partial charge < -0.3 is 10.5 Å². The summed E-state index contributed by atoms with van der Waals surface area (Å²) in [6, 6.07) is 0. The van der Waals surface area contributed by atoms with Crippen LogP contribution in [0.4, 0.5) is 0 Å². The maximum atomic E-state index is 8.64. The van der Waals surface area contributed by atoms with E-state index in [-0.39, 0.29) is 6.10 Å². The Balaban J connectivity index is 3.33. The first-order chi connectivity index (χ1) is 3.68. The summed E-state index contributed by atoms with van der Waals surface area (Å²) in [7, 11) is 0. The summed E-state index contributed by atoms with van der Waals surface area (Å²) < 4.78 is 0. The van der Waals surface area contributed by atoms with Crippen molar-refractivity contribution in [2.24, 2.45) is 0 Å². The van der Waals surface area contributed by atoms with Gasteiger partial charge in [-0.1, -0.05) is 13.3 Å². The van der Waals surface area contributed by atoms with Gasteiger partial charge in [-0.25, -0.2) is 0 Å². The molecule has 2 nitrogen and oxygen atoms in total. The van der Waals surface area contributed by atoms with E-state index in [2.05, 4.69) is 0 Å². The van der Waals surface area contributed by atoms with E-state index >= 15 is 0 Å². The van der Waals surface area contributed by atoms with E-state index in [9.17, 15) is 0 Å². The summed E-state index contributed by atoms with van der Waals surface area (Å²) in [5, 5.41) is 15.7. The van der Waals surface area contributed by atoms with Gasteiger partial charge in [0.2, 0.25) is 0 Å². The molecular weight excluding hydrogens is 102 g/mol. The van der Waals surface area contributed by atoms with Gasteiger partial charge in [-0.15, -0.1) is 0 Å². The van der Waals surface area contributed by atoms with Gasteiger partial charge in [0.05, 0.1) is 0 Å². The molecule has 0 aliphatic heterocycles. The Labute approximate surface area is 50.0 Å². The van der Waals surface area contributed by atoms with Gasteiger partial charge in [0.15, 0.2) is 0 Å². The van der Waals surface area contributed by atoms with Gasteiger partial charge >= 0.3 is 0 Å². The Hall–Kier alpha value is -0.370. The standard InChI is InChI=1S/C6H12NO/c1-3-4-6(7)5(2)8/h7-8H,3-4H2,1-2H3. The molecule has 0 rings (SSSR count). The number of nitrogens with one attached hydrogen (secondary N) is 1. The van der Waals surface area contributed by atoms with Crippen molar-refractivity contribution >= 4 is 5.71 Å². The molecule has 0 aliphatic carbocycles. The van der Waals surface area contributed by atoms with Crippen LogP contribution >= 0.6 is 0 Å². The van der Waals surface area contributed by atoms with E-state index in [4.69, 9.17) is 10.5 Å². The van der Waals surface area contributed by atoms with Crippen LogP contribution < -0.4 is 0 Å². The van der Waals surface area contributed by atoms with E-state index in [0.29, 0.717) is 12.1 Å². The molecule has 0 saturated heterocycles. The third kappa shape index (κ3) is 2.75. The van der Waals surface area contributed by atoms with Crippen LogP contribution in [0.5, 0.6) is 0 Å². The third-order valence-corrected chi connectivity index (χ3v) is 0.937. The second-order valence-corrected chi connectivity index (χ2v) is 1.81. The molecule has 0 aliphatic rings. The van der Waals surface area contributed by atoms with Gasteiger partial charge in [0.1, 0.15) is 6.10 Å². The monoisotopic (exact) mass is 114 g/mol. The van der Waals surface area contributed by atoms with Crippen LogP contribution in [0.1, 0.15) is 26.7 Å². The zero-order valence-corrected chi connectivity index (χ0v) is 5.36. The average molecular weight is 114 g/mol. The quantitative estimate of drug-likeness (QED) is 0.539. The molecule has 0 saturated carbocycles. The molecule has 0 bridgehead atoms. The zero-order chi connectivity index (χ0) is 6.57. The lowest BCUT2D eigenvalue weighted by molar-refractivity contribution is 0.358. The second-order valence-electron chi connectivity index (χ2n) is 1.81. The Kier molecular flexibility index (Phi) is 3.44. The van der Waals surface area contributed by atoms with Crippen LogP contribution in [0.15, 0.2) is 0 Å². The van der Waals surface area contributed by atoms with Gasteiger partial charge in [0, 0.05) is 5.71 Å². The van der Waals surface area contributed by atoms with E-state index < -0.39 is 0 Å². The Morgan fingerprint density at radius 1 is 1.62 bits per heavy atom. The van der Waals surface area contributed by atoms with Crippen molar-refractivity contribution in [3.63, 3.8) is 0 Å². The SMILES string of the molecule is CCCC(=N)[C](C)O. The maximum Gasteiger partial charge on any atom is 0.133 e. The first kappa shape index (κ1) is 7.63. The van der Waals surface area contributed by atoms with Crippen LogP contribution in [0, 0.1) is 11.5 Å². The molecule has 0 aromatic carbocycles. The number of aliphatic hydroxyl groups is 1. The minimum atomic E-state index is 0.145. The number of hydrogen-bond acceptors (Lipinski definition) is 2.